The minimum absolute atomic E-state index is 0.368. The van der Waals surface area contributed by atoms with Gasteiger partial charge in [0.15, 0.2) is 0 Å². The predicted molar refractivity (Wildman–Crippen MR) is 72.4 cm³/mol. The van der Waals surface area contributed by atoms with Gasteiger partial charge in [-0.2, -0.15) is 0 Å². The zero-order valence-corrected chi connectivity index (χ0v) is 11.4. The molecule has 0 saturated heterocycles. The van der Waals surface area contributed by atoms with Gasteiger partial charge in [0.2, 0.25) is 0 Å². The van der Waals surface area contributed by atoms with Gasteiger partial charge in [0.25, 0.3) is 5.91 Å². The number of hydrogen-bond acceptors (Lipinski definition) is 2. The second-order valence-corrected chi connectivity index (χ2v) is 5.41. The van der Waals surface area contributed by atoms with Crippen molar-refractivity contribution in [2.75, 3.05) is 0 Å². The number of nitrogens with one attached hydrogen (secondary N) is 1. The number of carbonyl (C=O) groups is 2. The lowest BCUT2D eigenvalue weighted by Crippen LogP contribution is -2.41. The standard InChI is InChI=1S/C14H16ClNO3/c1-8-6-10(4-5-11(8)15)13(17)16-12(14(18)19)7-9-2-3-9/h4-6,9,12H,2-3,7H2,1H3,(H,16,17)(H,18,19). The predicted octanol–water partition coefficient (Wildman–Crippen LogP) is 2.63. The summed E-state index contributed by atoms with van der Waals surface area (Å²) in [6.45, 7) is 1.80. The monoisotopic (exact) mass is 281 g/mol. The van der Waals surface area contributed by atoms with Crippen molar-refractivity contribution in [1.82, 2.24) is 5.32 Å². The van der Waals surface area contributed by atoms with Crippen molar-refractivity contribution in [3.8, 4) is 0 Å². The Labute approximate surface area is 116 Å². The molecule has 1 aromatic rings. The molecule has 1 amide bonds. The number of hydrogen-bond donors (Lipinski definition) is 2. The minimum atomic E-state index is -0.981. The van der Waals surface area contributed by atoms with Gasteiger partial charge >= 0.3 is 5.97 Å². The van der Waals surface area contributed by atoms with Gasteiger partial charge in [-0.3, -0.25) is 4.79 Å². The third kappa shape index (κ3) is 3.70. The summed E-state index contributed by atoms with van der Waals surface area (Å²) in [6.07, 6.45) is 2.62. The quantitative estimate of drug-likeness (QED) is 0.872. The second-order valence-electron chi connectivity index (χ2n) is 5.01. The molecule has 1 fully saturated rings. The van der Waals surface area contributed by atoms with Crippen LogP contribution in [-0.2, 0) is 4.79 Å². The molecule has 4 nitrogen and oxygen atoms in total. The van der Waals surface area contributed by atoms with Gasteiger partial charge in [0.05, 0.1) is 0 Å². The number of carboxylic acids is 1. The SMILES string of the molecule is Cc1cc(C(=O)NC(CC2CC2)C(=O)O)ccc1Cl. The van der Waals surface area contributed by atoms with Gasteiger partial charge < -0.3 is 10.4 Å². The summed E-state index contributed by atoms with van der Waals surface area (Å²) in [5.74, 6) is -0.910. The number of carboxylic acid groups (broad SMARTS) is 1. The molecule has 0 aromatic heterocycles. The second kappa shape index (κ2) is 5.61. The van der Waals surface area contributed by atoms with Crippen LogP contribution in [0.5, 0.6) is 0 Å². The van der Waals surface area contributed by atoms with Crippen LogP contribution in [0.4, 0.5) is 0 Å². The number of carbonyl (C=O) groups excluding carboxylic acids is 1. The zero-order valence-electron chi connectivity index (χ0n) is 10.6. The molecule has 5 heteroatoms. The van der Waals surface area contributed by atoms with E-state index in [2.05, 4.69) is 5.32 Å². The van der Waals surface area contributed by atoms with E-state index in [1.54, 1.807) is 25.1 Å². The van der Waals surface area contributed by atoms with Gasteiger partial charge in [0, 0.05) is 10.6 Å². The smallest absolute Gasteiger partial charge is 0.326 e. The molecular weight excluding hydrogens is 266 g/mol. The highest BCUT2D eigenvalue weighted by molar-refractivity contribution is 6.31. The van der Waals surface area contributed by atoms with Crippen molar-refractivity contribution < 1.29 is 14.7 Å². The van der Waals surface area contributed by atoms with Gasteiger partial charge in [-0.1, -0.05) is 24.4 Å². The summed E-state index contributed by atoms with van der Waals surface area (Å²) in [6, 6.07) is 4.09. The molecule has 102 valence electrons. The van der Waals surface area contributed by atoms with Crippen LogP contribution in [0.3, 0.4) is 0 Å². The van der Waals surface area contributed by atoms with Crippen molar-refractivity contribution in [3.05, 3.63) is 34.3 Å². The Morgan fingerprint density at radius 1 is 1.47 bits per heavy atom. The third-order valence-corrected chi connectivity index (χ3v) is 3.71. The lowest BCUT2D eigenvalue weighted by atomic mass is 10.1. The number of aryl methyl sites for hydroxylation is 1. The van der Waals surface area contributed by atoms with E-state index in [9.17, 15) is 9.59 Å². The first kappa shape index (κ1) is 13.9. The van der Waals surface area contributed by atoms with Crippen LogP contribution in [0.1, 0.15) is 35.2 Å². The van der Waals surface area contributed by atoms with E-state index in [1.807, 2.05) is 0 Å². The van der Waals surface area contributed by atoms with Crippen molar-refractivity contribution >= 4 is 23.5 Å². The lowest BCUT2D eigenvalue weighted by molar-refractivity contribution is -0.139. The Morgan fingerprint density at radius 3 is 2.68 bits per heavy atom. The molecule has 0 heterocycles. The summed E-state index contributed by atoms with van der Waals surface area (Å²) in [5, 5.41) is 12.3. The molecule has 1 atom stereocenters. The topological polar surface area (TPSA) is 66.4 Å². The lowest BCUT2D eigenvalue weighted by Gasteiger charge is -2.14. The average molecular weight is 282 g/mol. The molecule has 0 bridgehead atoms. The Morgan fingerprint density at radius 2 is 2.16 bits per heavy atom. The van der Waals surface area contributed by atoms with E-state index in [-0.39, 0.29) is 5.91 Å². The molecule has 1 aliphatic carbocycles. The number of amides is 1. The number of aliphatic carboxylic acids is 1. The molecular formula is C14H16ClNO3. The van der Waals surface area contributed by atoms with Crippen LogP contribution in [0, 0.1) is 12.8 Å². The summed E-state index contributed by atoms with van der Waals surface area (Å²) in [5.41, 5.74) is 1.23. The number of rotatable bonds is 5. The fraction of sp³-hybridized carbons (Fsp3) is 0.429. The highest BCUT2D eigenvalue weighted by Crippen LogP contribution is 2.33. The molecule has 0 spiro atoms. The zero-order chi connectivity index (χ0) is 14.0. The van der Waals surface area contributed by atoms with E-state index >= 15 is 0 Å². The van der Waals surface area contributed by atoms with Crippen LogP contribution < -0.4 is 5.32 Å². The van der Waals surface area contributed by atoms with Crippen LogP contribution in [-0.4, -0.2) is 23.0 Å². The number of benzene rings is 1. The van der Waals surface area contributed by atoms with Gasteiger partial charge in [0.1, 0.15) is 6.04 Å². The van der Waals surface area contributed by atoms with E-state index in [0.717, 1.165) is 18.4 Å². The van der Waals surface area contributed by atoms with Gasteiger partial charge in [-0.15, -0.1) is 0 Å². The Balaban J connectivity index is 2.05. The minimum Gasteiger partial charge on any atom is -0.480 e. The maximum atomic E-state index is 12.0. The highest BCUT2D eigenvalue weighted by atomic mass is 35.5. The van der Waals surface area contributed by atoms with Crippen LogP contribution in [0.15, 0.2) is 18.2 Å². The highest BCUT2D eigenvalue weighted by Gasteiger charge is 2.30. The van der Waals surface area contributed by atoms with Crippen molar-refractivity contribution in [3.63, 3.8) is 0 Å². The van der Waals surface area contributed by atoms with Crippen molar-refractivity contribution in [1.29, 1.82) is 0 Å². The fourth-order valence-corrected chi connectivity index (χ4v) is 2.05. The summed E-state index contributed by atoms with van der Waals surface area (Å²) in [7, 11) is 0. The number of halogens is 1. The van der Waals surface area contributed by atoms with E-state index in [1.165, 1.54) is 0 Å². The first-order chi connectivity index (χ1) is 8.97. The van der Waals surface area contributed by atoms with Crippen molar-refractivity contribution in [2.24, 2.45) is 5.92 Å². The summed E-state index contributed by atoms with van der Waals surface area (Å²) in [4.78, 5) is 23.1. The molecule has 19 heavy (non-hydrogen) atoms. The van der Waals surface area contributed by atoms with E-state index < -0.39 is 12.0 Å². The summed E-state index contributed by atoms with van der Waals surface area (Å²) < 4.78 is 0. The molecule has 0 radical (unpaired) electrons. The molecule has 1 unspecified atom stereocenters. The molecule has 1 aromatic carbocycles. The largest absolute Gasteiger partial charge is 0.480 e. The fourth-order valence-electron chi connectivity index (χ4n) is 1.94. The maximum Gasteiger partial charge on any atom is 0.326 e. The molecule has 1 aliphatic rings. The van der Waals surface area contributed by atoms with Crippen LogP contribution in [0.25, 0.3) is 0 Å². The van der Waals surface area contributed by atoms with Crippen LogP contribution in [0.2, 0.25) is 5.02 Å². The maximum absolute atomic E-state index is 12.0. The van der Waals surface area contributed by atoms with Gasteiger partial charge in [-0.25, -0.2) is 4.79 Å². The Hall–Kier alpha value is -1.55. The Kier molecular flexibility index (Phi) is 4.10. The molecule has 1 saturated carbocycles. The van der Waals surface area contributed by atoms with Crippen molar-refractivity contribution in [2.45, 2.75) is 32.2 Å². The first-order valence-corrected chi connectivity index (χ1v) is 6.65. The van der Waals surface area contributed by atoms with Gasteiger partial charge in [-0.05, 0) is 43.0 Å². The van der Waals surface area contributed by atoms with E-state index in [4.69, 9.17) is 16.7 Å². The van der Waals surface area contributed by atoms with Crippen LogP contribution >= 0.6 is 11.6 Å². The summed E-state index contributed by atoms with van der Waals surface area (Å²) >= 11 is 5.89. The molecule has 2 rings (SSSR count). The third-order valence-electron chi connectivity index (χ3n) is 3.29. The van der Waals surface area contributed by atoms with E-state index in [0.29, 0.717) is 22.9 Å². The normalized spacial score (nSPS) is 15.9. The average Bonchev–Trinajstić information content (AvgIpc) is 3.15. The first-order valence-electron chi connectivity index (χ1n) is 6.27. The molecule has 2 N–H and O–H groups in total. The Bertz CT molecular complexity index is 511. The molecule has 0 aliphatic heterocycles.